The van der Waals surface area contributed by atoms with Gasteiger partial charge in [-0.2, -0.15) is 9.97 Å². The summed E-state index contributed by atoms with van der Waals surface area (Å²) in [6.45, 7) is 1.21. The minimum atomic E-state index is -0.707. The van der Waals surface area contributed by atoms with Crippen molar-refractivity contribution < 1.29 is 14.3 Å². The highest BCUT2D eigenvalue weighted by Gasteiger charge is 2.13. The first-order chi connectivity index (χ1) is 10.5. The van der Waals surface area contributed by atoms with E-state index in [1.807, 2.05) is 6.07 Å². The fourth-order valence-corrected chi connectivity index (χ4v) is 1.84. The highest BCUT2D eigenvalue weighted by molar-refractivity contribution is 5.89. The molecule has 0 aliphatic carbocycles. The second-order valence-electron chi connectivity index (χ2n) is 4.41. The van der Waals surface area contributed by atoms with Crippen LogP contribution in [0.3, 0.4) is 0 Å². The molecule has 0 bridgehead atoms. The van der Waals surface area contributed by atoms with Gasteiger partial charge in [0.1, 0.15) is 5.52 Å². The standard InChI is InChI=1S/C13H11N5O4/c1-6(19)14-9-10(20)16-12(17-11(9)21)18-13-15-7-4-2-3-5-8(7)22-13/h2-5H,1H3,(H,14,19)(H3,15,16,17,18,20,21). The molecule has 0 spiro atoms. The van der Waals surface area contributed by atoms with Crippen LogP contribution < -0.4 is 16.2 Å². The predicted octanol–water partition coefficient (Wildman–Crippen LogP) is 1.32. The van der Waals surface area contributed by atoms with Crippen LogP contribution >= 0.6 is 0 Å². The van der Waals surface area contributed by atoms with Gasteiger partial charge in [-0.1, -0.05) is 12.1 Å². The quantitative estimate of drug-likeness (QED) is 0.573. The summed E-state index contributed by atoms with van der Waals surface area (Å²) in [5, 5.41) is 14.5. The van der Waals surface area contributed by atoms with Crippen LogP contribution in [0.1, 0.15) is 6.92 Å². The van der Waals surface area contributed by atoms with Crippen molar-refractivity contribution >= 4 is 34.7 Å². The predicted molar refractivity (Wildman–Crippen MR) is 78.1 cm³/mol. The molecule has 0 fully saturated rings. The van der Waals surface area contributed by atoms with Crippen LogP contribution in [0.15, 0.2) is 33.5 Å². The van der Waals surface area contributed by atoms with Gasteiger partial charge in [-0.3, -0.25) is 19.9 Å². The third kappa shape index (κ3) is 2.59. The Morgan fingerprint density at radius 2 is 2.09 bits per heavy atom. The molecule has 0 saturated heterocycles. The minimum Gasteiger partial charge on any atom is -0.492 e. The number of hydrogen-bond donors (Lipinski definition) is 4. The summed E-state index contributed by atoms with van der Waals surface area (Å²) in [6.07, 6.45) is 0. The molecular weight excluding hydrogens is 290 g/mol. The van der Waals surface area contributed by atoms with Crippen LogP contribution in [0.4, 0.5) is 17.7 Å². The lowest BCUT2D eigenvalue weighted by Crippen LogP contribution is -2.19. The van der Waals surface area contributed by atoms with Crippen LogP contribution in [0.5, 0.6) is 5.88 Å². The number of carbonyl (C=O) groups excluding carboxylic acids is 1. The smallest absolute Gasteiger partial charge is 0.302 e. The maximum Gasteiger partial charge on any atom is 0.302 e. The highest BCUT2D eigenvalue weighted by Crippen LogP contribution is 2.22. The zero-order valence-electron chi connectivity index (χ0n) is 11.4. The molecule has 0 aliphatic rings. The zero-order chi connectivity index (χ0) is 15.7. The SMILES string of the molecule is CC(=O)Nc1c(O)nc(Nc2nc3ccccc3o2)[nH]c1=O. The molecule has 2 heterocycles. The Labute approximate surface area is 123 Å². The van der Waals surface area contributed by atoms with Gasteiger partial charge in [-0.15, -0.1) is 0 Å². The fraction of sp³-hybridized carbons (Fsp3) is 0.0769. The molecule has 1 amide bonds. The van der Waals surface area contributed by atoms with E-state index in [4.69, 9.17) is 4.42 Å². The van der Waals surface area contributed by atoms with E-state index in [0.717, 1.165) is 0 Å². The van der Waals surface area contributed by atoms with Gasteiger partial charge in [-0.25, -0.2) is 0 Å². The van der Waals surface area contributed by atoms with E-state index in [1.165, 1.54) is 6.92 Å². The monoisotopic (exact) mass is 301 g/mol. The molecule has 1 aromatic carbocycles. The van der Waals surface area contributed by atoms with E-state index in [1.54, 1.807) is 18.2 Å². The van der Waals surface area contributed by atoms with Crippen molar-refractivity contribution in [3.8, 4) is 5.88 Å². The average molecular weight is 301 g/mol. The van der Waals surface area contributed by atoms with Gasteiger partial charge in [0.05, 0.1) is 0 Å². The van der Waals surface area contributed by atoms with E-state index in [9.17, 15) is 14.7 Å². The third-order valence-electron chi connectivity index (χ3n) is 2.72. The van der Waals surface area contributed by atoms with E-state index in [0.29, 0.717) is 11.1 Å². The Kier molecular flexibility index (Phi) is 3.22. The number of fused-ring (bicyclic) bond motifs is 1. The first-order valence-corrected chi connectivity index (χ1v) is 6.26. The van der Waals surface area contributed by atoms with E-state index < -0.39 is 17.3 Å². The second-order valence-corrected chi connectivity index (χ2v) is 4.41. The van der Waals surface area contributed by atoms with Crippen LogP contribution in [-0.4, -0.2) is 26.0 Å². The van der Waals surface area contributed by atoms with Crippen LogP contribution in [0, 0.1) is 0 Å². The largest absolute Gasteiger partial charge is 0.492 e. The van der Waals surface area contributed by atoms with E-state index in [2.05, 4.69) is 25.6 Å². The summed E-state index contributed by atoms with van der Waals surface area (Å²) in [5.41, 5.74) is 0.162. The lowest BCUT2D eigenvalue weighted by Gasteiger charge is -2.05. The van der Waals surface area contributed by atoms with Crippen molar-refractivity contribution in [2.45, 2.75) is 6.92 Å². The van der Waals surface area contributed by atoms with Crippen molar-refractivity contribution in [1.29, 1.82) is 0 Å². The normalized spacial score (nSPS) is 10.6. The Balaban J connectivity index is 1.92. The molecule has 2 aromatic heterocycles. The molecule has 0 aliphatic heterocycles. The maximum atomic E-state index is 11.8. The number of aromatic nitrogens is 3. The van der Waals surface area contributed by atoms with E-state index in [-0.39, 0.29) is 17.7 Å². The molecule has 0 atom stereocenters. The van der Waals surface area contributed by atoms with Crippen LogP contribution in [-0.2, 0) is 4.79 Å². The molecule has 112 valence electrons. The lowest BCUT2D eigenvalue weighted by molar-refractivity contribution is -0.114. The molecule has 4 N–H and O–H groups in total. The van der Waals surface area contributed by atoms with Crippen molar-refractivity contribution in [3.63, 3.8) is 0 Å². The number of H-pyrrole nitrogens is 1. The number of oxazole rings is 1. The number of nitrogens with zero attached hydrogens (tertiary/aromatic N) is 2. The van der Waals surface area contributed by atoms with Gasteiger partial charge in [0.2, 0.25) is 17.7 Å². The van der Waals surface area contributed by atoms with Gasteiger partial charge < -0.3 is 14.8 Å². The summed E-state index contributed by atoms with van der Waals surface area (Å²) in [7, 11) is 0. The Hall–Kier alpha value is -3.36. The first kappa shape index (κ1) is 13.6. The number of aromatic amines is 1. The number of nitrogens with one attached hydrogen (secondary N) is 3. The molecular formula is C13H11N5O4. The Morgan fingerprint density at radius 1 is 1.32 bits per heavy atom. The van der Waals surface area contributed by atoms with Gasteiger partial charge in [0.25, 0.3) is 5.56 Å². The molecule has 0 radical (unpaired) electrons. The number of anilines is 3. The minimum absolute atomic E-state index is 0.0665. The molecule has 0 saturated carbocycles. The highest BCUT2D eigenvalue weighted by atomic mass is 16.4. The molecule has 3 rings (SSSR count). The molecule has 9 heteroatoms. The van der Waals surface area contributed by atoms with Crippen molar-refractivity contribution in [2.75, 3.05) is 10.6 Å². The summed E-state index contributed by atoms with van der Waals surface area (Å²) in [5.74, 6) is -1.18. The van der Waals surface area contributed by atoms with Crippen molar-refractivity contribution in [1.82, 2.24) is 15.0 Å². The summed E-state index contributed by atoms with van der Waals surface area (Å²) in [4.78, 5) is 33.0. The van der Waals surface area contributed by atoms with Crippen molar-refractivity contribution in [3.05, 3.63) is 34.6 Å². The number of carbonyl (C=O) groups is 1. The number of amides is 1. The molecule has 0 unspecified atom stereocenters. The number of aromatic hydroxyl groups is 1. The molecule has 9 nitrogen and oxygen atoms in total. The number of para-hydroxylation sites is 2. The third-order valence-corrected chi connectivity index (χ3v) is 2.72. The topological polar surface area (TPSA) is 133 Å². The second kappa shape index (κ2) is 5.20. The molecule has 22 heavy (non-hydrogen) atoms. The number of rotatable bonds is 3. The average Bonchev–Trinajstić information content (AvgIpc) is 2.84. The maximum absolute atomic E-state index is 11.8. The number of benzene rings is 1. The number of hydrogen-bond acceptors (Lipinski definition) is 7. The fourth-order valence-electron chi connectivity index (χ4n) is 1.84. The van der Waals surface area contributed by atoms with Crippen LogP contribution in [0.25, 0.3) is 11.1 Å². The van der Waals surface area contributed by atoms with Gasteiger partial charge in [0, 0.05) is 6.92 Å². The van der Waals surface area contributed by atoms with Crippen LogP contribution in [0.2, 0.25) is 0 Å². The Morgan fingerprint density at radius 3 is 2.77 bits per heavy atom. The lowest BCUT2D eigenvalue weighted by atomic mass is 10.3. The van der Waals surface area contributed by atoms with Gasteiger partial charge in [0.15, 0.2) is 11.3 Å². The van der Waals surface area contributed by atoms with E-state index >= 15 is 0 Å². The summed E-state index contributed by atoms with van der Waals surface area (Å²) < 4.78 is 5.41. The van der Waals surface area contributed by atoms with Crippen molar-refractivity contribution in [2.24, 2.45) is 0 Å². The summed E-state index contributed by atoms with van der Waals surface area (Å²) >= 11 is 0. The first-order valence-electron chi connectivity index (χ1n) is 6.26. The summed E-state index contributed by atoms with van der Waals surface area (Å²) in [6, 6.07) is 7.21. The van der Waals surface area contributed by atoms with Gasteiger partial charge >= 0.3 is 6.01 Å². The molecule has 3 aromatic rings. The Bertz CT molecular complexity index is 881. The zero-order valence-corrected chi connectivity index (χ0v) is 11.4. The van der Waals surface area contributed by atoms with Gasteiger partial charge in [-0.05, 0) is 12.1 Å².